The first-order valence-corrected chi connectivity index (χ1v) is 10.7. The van der Waals surface area contributed by atoms with Crippen LogP contribution in [0.25, 0.3) is 17.0 Å². The first kappa shape index (κ1) is 21.1. The van der Waals surface area contributed by atoms with Crippen LogP contribution in [-0.2, 0) is 11.8 Å². The molecule has 0 bridgehead atoms. The Hall–Kier alpha value is -3.78. The smallest absolute Gasteiger partial charge is 0.415 e. The van der Waals surface area contributed by atoms with Gasteiger partial charge in [0.25, 0.3) is 0 Å². The number of ketones is 1. The predicted molar refractivity (Wildman–Crippen MR) is 122 cm³/mol. The van der Waals surface area contributed by atoms with Gasteiger partial charge in [-0.2, -0.15) is 0 Å². The molecule has 1 aromatic heterocycles. The number of rotatable bonds is 3. The van der Waals surface area contributed by atoms with Crippen molar-refractivity contribution in [3.8, 4) is 17.2 Å². The van der Waals surface area contributed by atoms with Crippen LogP contribution in [0.2, 0.25) is 0 Å². The summed E-state index contributed by atoms with van der Waals surface area (Å²) in [6, 6.07) is 9.08. The van der Waals surface area contributed by atoms with Gasteiger partial charge >= 0.3 is 6.09 Å². The molecule has 8 nitrogen and oxygen atoms in total. The molecule has 1 saturated heterocycles. The van der Waals surface area contributed by atoms with Gasteiger partial charge in [-0.3, -0.25) is 4.79 Å². The number of Topliss-reactive ketones (excluding diaryl/α,β-unsaturated/α-hetero) is 1. The number of morpholine rings is 1. The molecule has 2 aliphatic rings. The van der Waals surface area contributed by atoms with Crippen LogP contribution in [0.15, 0.2) is 42.3 Å². The van der Waals surface area contributed by atoms with Gasteiger partial charge in [0.1, 0.15) is 17.2 Å². The highest BCUT2D eigenvalue weighted by atomic mass is 16.6. The van der Waals surface area contributed by atoms with E-state index in [4.69, 9.17) is 18.9 Å². The second-order valence-corrected chi connectivity index (χ2v) is 8.05. The maximum atomic E-state index is 13.0. The molecule has 2 aliphatic heterocycles. The lowest BCUT2D eigenvalue weighted by Gasteiger charge is -2.26. The third-order valence-electron chi connectivity index (χ3n) is 6.02. The van der Waals surface area contributed by atoms with Gasteiger partial charge in [-0.1, -0.05) is 0 Å². The molecule has 3 aromatic rings. The summed E-state index contributed by atoms with van der Waals surface area (Å²) in [4.78, 5) is 27.1. The van der Waals surface area contributed by atoms with Crippen LogP contribution in [0.4, 0.5) is 4.79 Å². The number of allylic oxidation sites excluding steroid dienone is 1. The van der Waals surface area contributed by atoms with E-state index in [1.165, 1.54) is 0 Å². The number of methoxy groups -OCH3 is 1. The Balaban J connectivity index is 1.44. The topological polar surface area (TPSA) is 79.2 Å². The molecule has 0 N–H and O–H groups in total. The van der Waals surface area contributed by atoms with E-state index >= 15 is 0 Å². The van der Waals surface area contributed by atoms with Crippen molar-refractivity contribution in [3.05, 3.63) is 59.0 Å². The van der Waals surface area contributed by atoms with Crippen molar-refractivity contribution < 1.29 is 28.5 Å². The summed E-state index contributed by atoms with van der Waals surface area (Å²) in [6.45, 7) is 3.73. The molecule has 0 unspecified atom stereocenters. The predicted octanol–water partition coefficient (Wildman–Crippen LogP) is 3.94. The van der Waals surface area contributed by atoms with E-state index in [-0.39, 0.29) is 11.5 Å². The van der Waals surface area contributed by atoms with Gasteiger partial charge < -0.3 is 28.4 Å². The highest BCUT2D eigenvalue weighted by molar-refractivity contribution is 6.15. The monoisotopic (exact) mass is 448 g/mol. The van der Waals surface area contributed by atoms with Crippen molar-refractivity contribution in [3.63, 3.8) is 0 Å². The number of benzene rings is 2. The summed E-state index contributed by atoms with van der Waals surface area (Å²) >= 11 is 0. The molecule has 170 valence electrons. The maximum Gasteiger partial charge on any atom is 0.415 e. The van der Waals surface area contributed by atoms with E-state index in [9.17, 15) is 9.59 Å². The Morgan fingerprint density at radius 2 is 1.94 bits per heavy atom. The van der Waals surface area contributed by atoms with Crippen LogP contribution in [-0.4, -0.2) is 54.8 Å². The molecule has 3 heterocycles. The second kappa shape index (κ2) is 8.29. The van der Waals surface area contributed by atoms with Crippen LogP contribution in [0.3, 0.4) is 0 Å². The van der Waals surface area contributed by atoms with Crippen LogP contribution >= 0.6 is 0 Å². The first-order chi connectivity index (χ1) is 16.0. The zero-order chi connectivity index (χ0) is 23.1. The third-order valence-corrected chi connectivity index (χ3v) is 6.02. The zero-order valence-electron chi connectivity index (χ0n) is 18.7. The number of aromatic nitrogens is 1. The molecule has 8 heteroatoms. The Bertz CT molecular complexity index is 1300. The van der Waals surface area contributed by atoms with Gasteiger partial charge in [0, 0.05) is 48.4 Å². The Kier molecular flexibility index (Phi) is 5.30. The lowest BCUT2D eigenvalue weighted by atomic mass is 10.1. The van der Waals surface area contributed by atoms with Crippen LogP contribution in [0, 0.1) is 6.92 Å². The molecule has 0 saturated carbocycles. The number of hydrogen-bond acceptors (Lipinski definition) is 6. The number of hydrogen-bond donors (Lipinski definition) is 0. The van der Waals surface area contributed by atoms with E-state index < -0.39 is 6.09 Å². The van der Waals surface area contributed by atoms with Crippen molar-refractivity contribution in [2.24, 2.45) is 7.05 Å². The fraction of sp³-hybridized carbons (Fsp3) is 0.280. The van der Waals surface area contributed by atoms with E-state index in [2.05, 4.69) is 0 Å². The molecular formula is C25H24N2O6. The summed E-state index contributed by atoms with van der Waals surface area (Å²) in [5.41, 5.74) is 2.91. The van der Waals surface area contributed by atoms with Crippen molar-refractivity contribution in [2.75, 3.05) is 33.4 Å². The molecule has 0 atom stereocenters. The molecule has 1 fully saturated rings. The summed E-state index contributed by atoms with van der Waals surface area (Å²) in [6.07, 6.45) is 3.24. The Labute approximate surface area is 190 Å². The zero-order valence-corrected chi connectivity index (χ0v) is 18.7. The number of carbonyl (C=O) groups is 2. The van der Waals surface area contributed by atoms with E-state index in [0.29, 0.717) is 48.9 Å². The average Bonchev–Trinajstić information content (AvgIpc) is 3.32. The highest BCUT2D eigenvalue weighted by Crippen LogP contribution is 2.40. The van der Waals surface area contributed by atoms with Gasteiger partial charge in [-0.05, 0) is 43.3 Å². The standard InChI is InChI=1S/C25H24N2O6/c1-15-21(33-25(29)27-8-10-31-11-9-27)7-5-18-23(28)22(32-24(15)18)12-16-14-26(2)20-6-4-17(30-3)13-19(16)20/h4-7,12-14H,8-11H2,1-3H3/b22-12+. The van der Waals surface area contributed by atoms with Gasteiger partial charge in [0.2, 0.25) is 5.78 Å². The summed E-state index contributed by atoms with van der Waals surface area (Å²) in [5, 5.41) is 0.952. The molecule has 2 aromatic carbocycles. The Morgan fingerprint density at radius 3 is 2.70 bits per heavy atom. The molecule has 0 aliphatic carbocycles. The minimum atomic E-state index is -0.439. The van der Waals surface area contributed by atoms with E-state index in [1.54, 1.807) is 37.1 Å². The molecule has 33 heavy (non-hydrogen) atoms. The van der Waals surface area contributed by atoms with Gasteiger partial charge in [0.15, 0.2) is 5.76 Å². The number of carbonyl (C=O) groups excluding carboxylic acids is 2. The van der Waals surface area contributed by atoms with E-state index in [0.717, 1.165) is 22.2 Å². The molecule has 0 spiro atoms. The fourth-order valence-corrected chi connectivity index (χ4v) is 4.17. The molecule has 0 radical (unpaired) electrons. The number of nitrogens with zero attached hydrogens (tertiary/aromatic N) is 2. The number of fused-ring (bicyclic) bond motifs is 2. The lowest BCUT2D eigenvalue weighted by molar-refractivity contribution is 0.0415. The average molecular weight is 448 g/mol. The van der Waals surface area contributed by atoms with E-state index in [1.807, 2.05) is 36.0 Å². The van der Waals surface area contributed by atoms with Gasteiger partial charge in [-0.25, -0.2) is 4.79 Å². The minimum absolute atomic E-state index is 0.209. The lowest BCUT2D eigenvalue weighted by Crippen LogP contribution is -2.42. The van der Waals surface area contributed by atoms with Crippen LogP contribution in [0.5, 0.6) is 17.2 Å². The van der Waals surface area contributed by atoms with Crippen molar-refractivity contribution >= 4 is 28.9 Å². The fourth-order valence-electron chi connectivity index (χ4n) is 4.17. The SMILES string of the molecule is COc1ccc2c(c1)c(/C=C1/Oc3c(ccc(OC(=O)N4CCOCC4)c3C)C1=O)cn2C. The number of aryl methyl sites for hydroxylation is 1. The van der Waals surface area contributed by atoms with Gasteiger partial charge in [0.05, 0.1) is 25.9 Å². The molecular weight excluding hydrogens is 424 g/mol. The normalized spacial score (nSPS) is 16.8. The third kappa shape index (κ3) is 3.72. The van der Waals surface area contributed by atoms with Crippen molar-refractivity contribution in [1.82, 2.24) is 9.47 Å². The largest absolute Gasteiger partial charge is 0.497 e. The summed E-state index contributed by atoms with van der Waals surface area (Å²) in [7, 11) is 3.57. The number of ether oxygens (including phenoxy) is 4. The second-order valence-electron chi connectivity index (χ2n) is 8.05. The molecule has 1 amide bonds. The summed E-state index contributed by atoms with van der Waals surface area (Å²) in [5.74, 6) is 1.53. The quantitative estimate of drug-likeness (QED) is 0.565. The Morgan fingerprint density at radius 1 is 1.15 bits per heavy atom. The minimum Gasteiger partial charge on any atom is -0.497 e. The molecule has 5 rings (SSSR count). The maximum absolute atomic E-state index is 13.0. The highest BCUT2D eigenvalue weighted by Gasteiger charge is 2.31. The number of amides is 1. The van der Waals surface area contributed by atoms with Gasteiger partial charge in [-0.15, -0.1) is 0 Å². The van der Waals surface area contributed by atoms with Crippen molar-refractivity contribution in [1.29, 1.82) is 0 Å². The summed E-state index contributed by atoms with van der Waals surface area (Å²) < 4.78 is 24.2. The van der Waals surface area contributed by atoms with Crippen LogP contribution in [0.1, 0.15) is 21.5 Å². The van der Waals surface area contributed by atoms with Crippen LogP contribution < -0.4 is 14.2 Å². The first-order valence-electron chi connectivity index (χ1n) is 10.7. The van der Waals surface area contributed by atoms with Crippen molar-refractivity contribution in [2.45, 2.75) is 6.92 Å².